The third kappa shape index (κ3) is 5.53. The van der Waals surface area contributed by atoms with Gasteiger partial charge in [-0.25, -0.2) is 0 Å². The third-order valence-electron chi connectivity index (χ3n) is 4.21. The lowest BCUT2D eigenvalue weighted by molar-refractivity contribution is -0.122. The van der Waals surface area contributed by atoms with E-state index in [9.17, 15) is 4.79 Å². The first-order valence-electron chi connectivity index (χ1n) is 8.24. The van der Waals surface area contributed by atoms with Crippen molar-refractivity contribution in [3.63, 3.8) is 0 Å². The highest BCUT2D eigenvalue weighted by Gasteiger charge is 2.20. The van der Waals surface area contributed by atoms with Gasteiger partial charge in [-0.2, -0.15) is 0 Å². The molecule has 0 aromatic heterocycles. The van der Waals surface area contributed by atoms with E-state index in [1.807, 2.05) is 67.7 Å². The summed E-state index contributed by atoms with van der Waals surface area (Å²) < 4.78 is 0. The smallest absolute Gasteiger partial charge is 0.227 e. The van der Waals surface area contributed by atoms with Crippen molar-refractivity contribution in [2.45, 2.75) is 38.3 Å². The highest BCUT2D eigenvalue weighted by atomic mass is 16.1. The van der Waals surface area contributed by atoms with Crippen LogP contribution in [0.3, 0.4) is 0 Å². The summed E-state index contributed by atoms with van der Waals surface area (Å²) in [6.45, 7) is 2.72. The predicted molar refractivity (Wildman–Crippen MR) is 95.2 cm³/mol. The maximum Gasteiger partial charge on any atom is 0.227 e. The number of nitrogens with one attached hydrogen (secondary N) is 2. The Kier molecular flexibility index (Phi) is 6.82. The fourth-order valence-electron chi connectivity index (χ4n) is 2.60. The second-order valence-corrected chi connectivity index (χ2v) is 5.93. The van der Waals surface area contributed by atoms with Crippen LogP contribution in [0.15, 0.2) is 60.7 Å². The summed E-state index contributed by atoms with van der Waals surface area (Å²) in [6, 6.07) is 20.5. The van der Waals surface area contributed by atoms with Gasteiger partial charge in [0.2, 0.25) is 5.91 Å². The van der Waals surface area contributed by atoms with Crippen LogP contribution >= 0.6 is 0 Å². The van der Waals surface area contributed by atoms with Gasteiger partial charge in [0.1, 0.15) is 0 Å². The fraction of sp³-hybridized carbons (Fsp3) is 0.350. The molecule has 3 heteroatoms. The van der Waals surface area contributed by atoms with Gasteiger partial charge in [0.15, 0.2) is 0 Å². The first-order valence-corrected chi connectivity index (χ1v) is 8.24. The summed E-state index contributed by atoms with van der Waals surface area (Å²) in [7, 11) is 1.96. The molecular formula is C20H26N2O. The number of amides is 1. The summed E-state index contributed by atoms with van der Waals surface area (Å²) in [5.41, 5.74) is 2.21. The zero-order chi connectivity index (χ0) is 16.5. The Morgan fingerprint density at radius 2 is 1.57 bits per heavy atom. The third-order valence-corrected chi connectivity index (χ3v) is 4.21. The fourth-order valence-corrected chi connectivity index (χ4v) is 2.60. The molecule has 0 fully saturated rings. The molecule has 2 N–H and O–H groups in total. The van der Waals surface area contributed by atoms with Crippen molar-refractivity contribution in [3.8, 4) is 0 Å². The molecule has 2 aromatic rings. The zero-order valence-corrected chi connectivity index (χ0v) is 14.0. The Morgan fingerprint density at radius 3 is 2.17 bits per heavy atom. The molecule has 2 unspecified atom stereocenters. The maximum absolute atomic E-state index is 12.7. The van der Waals surface area contributed by atoms with Crippen molar-refractivity contribution in [2.75, 3.05) is 7.05 Å². The SMILES string of the molecule is CNC(C)CCC(C(=O)NCc1ccccc1)c1ccccc1. The van der Waals surface area contributed by atoms with Crippen LogP contribution in [0.1, 0.15) is 36.8 Å². The first-order chi connectivity index (χ1) is 11.2. The monoisotopic (exact) mass is 310 g/mol. The van der Waals surface area contributed by atoms with Gasteiger partial charge in [-0.05, 0) is 37.9 Å². The van der Waals surface area contributed by atoms with E-state index in [4.69, 9.17) is 0 Å². The van der Waals surface area contributed by atoms with Crippen LogP contribution in [-0.4, -0.2) is 19.0 Å². The standard InChI is InChI=1S/C20H26N2O/c1-16(21-2)13-14-19(18-11-7-4-8-12-18)20(23)22-15-17-9-5-3-6-10-17/h3-12,16,19,21H,13-15H2,1-2H3,(H,22,23). The molecular weight excluding hydrogens is 284 g/mol. The van der Waals surface area contributed by atoms with Crippen LogP contribution in [0, 0.1) is 0 Å². The Labute approximate surface area is 139 Å². The van der Waals surface area contributed by atoms with Crippen LogP contribution in [0.2, 0.25) is 0 Å². The Morgan fingerprint density at radius 1 is 0.957 bits per heavy atom. The molecule has 0 saturated carbocycles. The van der Waals surface area contributed by atoms with Gasteiger partial charge in [0, 0.05) is 12.6 Å². The van der Waals surface area contributed by atoms with E-state index in [1.165, 1.54) is 0 Å². The Bertz CT molecular complexity index is 583. The minimum atomic E-state index is -0.101. The summed E-state index contributed by atoms with van der Waals surface area (Å²) in [5, 5.41) is 6.32. The van der Waals surface area contributed by atoms with Gasteiger partial charge < -0.3 is 10.6 Å². The van der Waals surface area contributed by atoms with Crippen molar-refractivity contribution >= 4 is 5.91 Å². The van der Waals surface area contributed by atoms with Crippen LogP contribution in [0.5, 0.6) is 0 Å². The maximum atomic E-state index is 12.7. The summed E-state index contributed by atoms with van der Waals surface area (Å²) in [5.74, 6) is -0.000863. The van der Waals surface area contributed by atoms with Crippen LogP contribution in [0.4, 0.5) is 0 Å². The van der Waals surface area contributed by atoms with E-state index >= 15 is 0 Å². The quantitative estimate of drug-likeness (QED) is 0.784. The molecule has 0 radical (unpaired) electrons. The van der Waals surface area contributed by atoms with Gasteiger partial charge in [0.25, 0.3) is 0 Å². The topological polar surface area (TPSA) is 41.1 Å². The lowest BCUT2D eigenvalue weighted by Crippen LogP contribution is -2.30. The predicted octanol–water partition coefficient (Wildman–Crippen LogP) is 3.47. The molecule has 0 bridgehead atoms. The summed E-state index contributed by atoms with van der Waals surface area (Å²) in [6.07, 6.45) is 1.81. The number of carbonyl (C=O) groups is 1. The zero-order valence-electron chi connectivity index (χ0n) is 14.0. The molecule has 2 atom stereocenters. The van der Waals surface area contributed by atoms with Gasteiger partial charge >= 0.3 is 0 Å². The van der Waals surface area contributed by atoms with E-state index in [0.717, 1.165) is 24.0 Å². The van der Waals surface area contributed by atoms with Crippen molar-refractivity contribution in [2.24, 2.45) is 0 Å². The normalized spacial score (nSPS) is 13.3. The molecule has 0 spiro atoms. The van der Waals surface area contributed by atoms with E-state index in [-0.39, 0.29) is 11.8 Å². The molecule has 0 aliphatic rings. The van der Waals surface area contributed by atoms with Crippen molar-refractivity contribution in [3.05, 3.63) is 71.8 Å². The van der Waals surface area contributed by atoms with Crippen molar-refractivity contribution in [1.82, 2.24) is 10.6 Å². The van der Waals surface area contributed by atoms with Gasteiger partial charge in [-0.15, -0.1) is 0 Å². The minimum Gasteiger partial charge on any atom is -0.351 e. The van der Waals surface area contributed by atoms with Gasteiger partial charge in [-0.1, -0.05) is 60.7 Å². The molecule has 122 valence electrons. The molecule has 3 nitrogen and oxygen atoms in total. The van der Waals surface area contributed by atoms with E-state index in [2.05, 4.69) is 17.6 Å². The van der Waals surface area contributed by atoms with Crippen LogP contribution in [-0.2, 0) is 11.3 Å². The van der Waals surface area contributed by atoms with Gasteiger partial charge in [-0.3, -0.25) is 4.79 Å². The lowest BCUT2D eigenvalue weighted by Gasteiger charge is -2.19. The number of rotatable bonds is 8. The molecule has 2 aromatic carbocycles. The molecule has 0 aliphatic heterocycles. The number of hydrogen-bond donors (Lipinski definition) is 2. The Hall–Kier alpha value is -2.13. The second-order valence-electron chi connectivity index (χ2n) is 5.93. The van der Waals surface area contributed by atoms with E-state index in [1.54, 1.807) is 0 Å². The average Bonchev–Trinajstić information content (AvgIpc) is 2.61. The van der Waals surface area contributed by atoms with Crippen molar-refractivity contribution in [1.29, 1.82) is 0 Å². The van der Waals surface area contributed by atoms with E-state index in [0.29, 0.717) is 12.6 Å². The number of hydrogen-bond acceptors (Lipinski definition) is 2. The number of carbonyl (C=O) groups excluding carboxylic acids is 1. The molecule has 1 amide bonds. The minimum absolute atomic E-state index is 0.100. The highest BCUT2D eigenvalue weighted by Crippen LogP contribution is 2.22. The molecule has 0 saturated heterocycles. The van der Waals surface area contributed by atoms with Gasteiger partial charge in [0.05, 0.1) is 5.92 Å². The molecule has 0 aliphatic carbocycles. The summed E-state index contributed by atoms with van der Waals surface area (Å²) in [4.78, 5) is 12.7. The molecule has 23 heavy (non-hydrogen) atoms. The molecule has 2 rings (SSSR count). The van der Waals surface area contributed by atoms with Crippen LogP contribution < -0.4 is 10.6 Å². The second kappa shape index (κ2) is 9.11. The van der Waals surface area contributed by atoms with Crippen LogP contribution in [0.25, 0.3) is 0 Å². The lowest BCUT2D eigenvalue weighted by atomic mass is 9.91. The largest absolute Gasteiger partial charge is 0.351 e. The van der Waals surface area contributed by atoms with E-state index < -0.39 is 0 Å². The number of benzene rings is 2. The average molecular weight is 310 g/mol. The van der Waals surface area contributed by atoms with Crippen molar-refractivity contribution < 1.29 is 4.79 Å². The highest BCUT2D eigenvalue weighted by molar-refractivity contribution is 5.83. The summed E-state index contributed by atoms with van der Waals surface area (Å²) >= 11 is 0. The molecule has 0 heterocycles. The Balaban J connectivity index is 2.02. The first kappa shape index (κ1) is 17.2.